The SMILES string of the molecule is CCOC(=O)N1CCN(C[C@@H](O)COC(C)(C)CC)CC1. The Morgan fingerprint density at radius 2 is 1.86 bits per heavy atom. The second kappa shape index (κ2) is 8.56. The molecular formula is C15H30N2O4. The van der Waals surface area contributed by atoms with Crippen LogP contribution in [0.3, 0.4) is 0 Å². The number of hydrogen-bond acceptors (Lipinski definition) is 5. The van der Waals surface area contributed by atoms with E-state index in [9.17, 15) is 9.90 Å². The van der Waals surface area contributed by atoms with E-state index in [0.29, 0.717) is 32.8 Å². The van der Waals surface area contributed by atoms with Gasteiger partial charge in [-0.15, -0.1) is 0 Å². The van der Waals surface area contributed by atoms with Crippen molar-refractivity contribution in [3.8, 4) is 0 Å². The fourth-order valence-electron chi connectivity index (χ4n) is 2.10. The first-order valence-electron chi connectivity index (χ1n) is 7.84. The van der Waals surface area contributed by atoms with Crippen molar-refractivity contribution >= 4 is 6.09 Å². The lowest BCUT2D eigenvalue weighted by molar-refractivity contribution is -0.0690. The molecule has 124 valence electrons. The maximum absolute atomic E-state index is 11.6. The lowest BCUT2D eigenvalue weighted by atomic mass is 10.1. The van der Waals surface area contributed by atoms with E-state index in [1.807, 2.05) is 20.8 Å². The number of rotatable bonds is 7. The van der Waals surface area contributed by atoms with Gasteiger partial charge in [-0.05, 0) is 27.2 Å². The molecule has 0 aliphatic carbocycles. The average Bonchev–Trinajstić information content (AvgIpc) is 2.46. The first-order valence-corrected chi connectivity index (χ1v) is 7.84. The van der Waals surface area contributed by atoms with Gasteiger partial charge in [-0.25, -0.2) is 4.79 Å². The molecule has 0 spiro atoms. The van der Waals surface area contributed by atoms with Crippen LogP contribution in [0, 0.1) is 0 Å². The Labute approximate surface area is 128 Å². The van der Waals surface area contributed by atoms with E-state index >= 15 is 0 Å². The molecule has 0 aromatic rings. The zero-order chi connectivity index (χ0) is 15.9. The number of hydrogen-bond donors (Lipinski definition) is 1. The first kappa shape index (κ1) is 18.2. The molecule has 0 aromatic carbocycles. The molecule has 1 amide bonds. The Morgan fingerprint density at radius 1 is 1.24 bits per heavy atom. The quantitative estimate of drug-likeness (QED) is 0.768. The largest absolute Gasteiger partial charge is 0.450 e. The molecule has 1 aliphatic heterocycles. The number of amides is 1. The van der Waals surface area contributed by atoms with E-state index in [2.05, 4.69) is 11.8 Å². The number of aliphatic hydroxyl groups excluding tert-OH is 1. The number of carbonyl (C=O) groups excluding carboxylic acids is 1. The molecule has 0 bridgehead atoms. The number of ether oxygens (including phenoxy) is 2. The summed E-state index contributed by atoms with van der Waals surface area (Å²) in [5, 5.41) is 10.0. The highest BCUT2D eigenvalue weighted by Gasteiger charge is 2.24. The summed E-state index contributed by atoms with van der Waals surface area (Å²) in [7, 11) is 0. The molecule has 1 aliphatic rings. The van der Waals surface area contributed by atoms with Gasteiger partial charge in [0.1, 0.15) is 0 Å². The molecule has 6 nitrogen and oxygen atoms in total. The van der Waals surface area contributed by atoms with E-state index < -0.39 is 6.10 Å². The zero-order valence-electron chi connectivity index (χ0n) is 13.8. The molecule has 1 heterocycles. The molecule has 1 rings (SSSR count). The maximum atomic E-state index is 11.6. The fraction of sp³-hybridized carbons (Fsp3) is 0.933. The molecule has 1 atom stereocenters. The standard InChI is InChI=1S/C15H30N2O4/c1-5-15(3,4)21-12-13(18)11-16-7-9-17(10-8-16)14(19)20-6-2/h13,18H,5-12H2,1-4H3/t13-/m1/s1. The molecular weight excluding hydrogens is 272 g/mol. The van der Waals surface area contributed by atoms with Crippen molar-refractivity contribution in [2.24, 2.45) is 0 Å². The van der Waals surface area contributed by atoms with Gasteiger partial charge in [0.15, 0.2) is 0 Å². The minimum Gasteiger partial charge on any atom is -0.450 e. The second-order valence-electron chi connectivity index (χ2n) is 6.06. The summed E-state index contributed by atoms with van der Waals surface area (Å²) in [5.41, 5.74) is -0.191. The number of piperazine rings is 1. The number of aliphatic hydroxyl groups is 1. The molecule has 1 saturated heterocycles. The van der Waals surface area contributed by atoms with Gasteiger partial charge >= 0.3 is 6.09 Å². The third-order valence-corrected chi connectivity index (χ3v) is 3.89. The predicted molar refractivity (Wildman–Crippen MR) is 81.4 cm³/mol. The highest BCUT2D eigenvalue weighted by Crippen LogP contribution is 2.14. The number of carbonyl (C=O) groups is 1. The topological polar surface area (TPSA) is 62.2 Å². The van der Waals surface area contributed by atoms with E-state index in [4.69, 9.17) is 9.47 Å². The van der Waals surface area contributed by atoms with E-state index in [-0.39, 0.29) is 11.7 Å². The summed E-state index contributed by atoms with van der Waals surface area (Å²) in [4.78, 5) is 15.5. The lowest BCUT2D eigenvalue weighted by Crippen LogP contribution is -2.51. The van der Waals surface area contributed by atoms with Crippen molar-refractivity contribution in [2.75, 3.05) is 45.9 Å². The summed E-state index contributed by atoms with van der Waals surface area (Å²) in [6, 6.07) is 0. The monoisotopic (exact) mass is 302 g/mol. The molecule has 0 saturated carbocycles. The van der Waals surface area contributed by atoms with Gasteiger partial charge in [-0.3, -0.25) is 4.90 Å². The van der Waals surface area contributed by atoms with Crippen molar-refractivity contribution in [2.45, 2.75) is 45.8 Å². The van der Waals surface area contributed by atoms with Gasteiger partial charge < -0.3 is 19.5 Å². The highest BCUT2D eigenvalue weighted by atomic mass is 16.6. The van der Waals surface area contributed by atoms with Crippen LogP contribution in [0.4, 0.5) is 4.79 Å². The van der Waals surface area contributed by atoms with E-state index in [0.717, 1.165) is 19.5 Å². The Balaban J connectivity index is 2.24. The lowest BCUT2D eigenvalue weighted by Gasteiger charge is -2.35. The normalized spacial score (nSPS) is 18.6. The van der Waals surface area contributed by atoms with Gasteiger partial charge in [-0.1, -0.05) is 6.92 Å². The molecule has 0 aromatic heterocycles. The Morgan fingerprint density at radius 3 is 2.38 bits per heavy atom. The summed E-state index contributed by atoms with van der Waals surface area (Å²) in [6.45, 7) is 12.1. The minimum absolute atomic E-state index is 0.191. The van der Waals surface area contributed by atoms with E-state index in [1.165, 1.54) is 0 Å². The Hall–Kier alpha value is -0.850. The van der Waals surface area contributed by atoms with Crippen LogP contribution in [0.2, 0.25) is 0 Å². The van der Waals surface area contributed by atoms with Crippen LogP contribution in [0.15, 0.2) is 0 Å². The van der Waals surface area contributed by atoms with Crippen molar-refractivity contribution < 1.29 is 19.4 Å². The highest BCUT2D eigenvalue weighted by molar-refractivity contribution is 5.67. The van der Waals surface area contributed by atoms with Gasteiger partial charge in [0.25, 0.3) is 0 Å². The van der Waals surface area contributed by atoms with Crippen molar-refractivity contribution in [3.63, 3.8) is 0 Å². The van der Waals surface area contributed by atoms with Crippen molar-refractivity contribution in [1.82, 2.24) is 9.80 Å². The molecule has 0 unspecified atom stereocenters. The molecule has 6 heteroatoms. The Kier molecular flexibility index (Phi) is 7.42. The van der Waals surface area contributed by atoms with Crippen LogP contribution < -0.4 is 0 Å². The average molecular weight is 302 g/mol. The summed E-state index contributed by atoms with van der Waals surface area (Å²) in [6.07, 6.45) is 0.175. The van der Waals surface area contributed by atoms with Crippen LogP contribution in [-0.4, -0.2) is 78.6 Å². The first-order chi connectivity index (χ1) is 9.88. The molecule has 1 fully saturated rings. The van der Waals surface area contributed by atoms with Gasteiger partial charge in [-0.2, -0.15) is 0 Å². The third-order valence-electron chi connectivity index (χ3n) is 3.89. The van der Waals surface area contributed by atoms with Crippen LogP contribution in [0.5, 0.6) is 0 Å². The van der Waals surface area contributed by atoms with Crippen LogP contribution in [-0.2, 0) is 9.47 Å². The summed E-state index contributed by atoms with van der Waals surface area (Å²) >= 11 is 0. The van der Waals surface area contributed by atoms with Gasteiger partial charge in [0, 0.05) is 32.7 Å². The van der Waals surface area contributed by atoms with Gasteiger partial charge in [0.05, 0.1) is 24.9 Å². The third kappa shape index (κ3) is 6.63. The summed E-state index contributed by atoms with van der Waals surface area (Å²) in [5.74, 6) is 0. The fourth-order valence-corrected chi connectivity index (χ4v) is 2.10. The Bertz CT molecular complexity index is 315. The number of β-amino-alcohol motifs (C(OH)–C–C–N with tert-alkyl or cyclic N) is 1. The van der Waals surface area contributed by atoms with Crippen molar-refractivity contribution in [3.05, 3.63) is 0 Å². The zero-order valence-corrected chi connectivity index (χ0v) is 13.8. The van der Waals surface area contributed by atoms with Gasteiger partial charge in [0.2, 0.25) is 0 Å². The minimum atomic E-state index is -0.495. The van der Waals surface area contributed by atoms with Crippen LogP contribution in [0.1, 0.15) is 34.1 Å². The van der Waals surface area contributed by atoms with Crippen LogP contribution in [0.25, 0.3) is 0 Å². The predicted octanol–water partition coefficient (Wildman–Crippen LogP) is 1.33. The second-order valence-corrected chi connectivity index (χ2v) is 6.06. The molecule has 21 heavy (non-hydrogen) atoms. The smallest absolute Gasteiger partial charge is 0.409 e. The number of nitrogens with zero attached hydrogens (tertiary/aromatic N) is 2. The molecule has 0 radical (unpaired) electrons. The van der Waals surface area contributed by atoms with E-state index in [1.54, 1.807) is 4.90 Å². The van der Waals surface area contributed by atoms with Crippen molar-refractivity contribution in [1.29, 1.82) is 0 Å². The van der Waals surface area contributed by atoms with Crippen LogP contribution >= 0.6 is 0 Å². The summed E-state index contributed by atoms with van der Waals surface area (Å²) < 4.78 is 10.7. The molecule has 1 N–H and O–H groups in total. The maximum Gasteiger partial charge on any atom is 0.409 e.